The SMILES string of the molecule is COc1ccc(S(=O)(=O)NCC#CCOc2ccc(C)nc2)cc1C. The number of sulfonamides is 1. The number of methoxy groups -OCH3 is 1. The minimum atomic E-state index is -3.61. The van der Waals surface area contributed by atoms with Crippen LogP contribution in [0.1, 0.15) is 11.3 Å². The van der Waals surface area contributed by atoms with Crippen LogP contribution in [0.5, 0.6) is 11.5 Å². The number of hydrogen-bond acceptors (Lipinski definition) is 5. The van der Waals surface area contributed by atoms with Crippen LogP contribution in [-0.4, -0.2) is 33.7 Å². The van der Waals surface area contributed by atoms with E-state index in [0.29, 0.717) is 11.5 Å². The maximum atomic E-state index is 12.2. The molecule has 0 aliphatic carbocycles. The molecular formula is C18H20N2O4S. The van der Waals surface area contributed by atoms with Gasteiger partial charge < -0.3 is 9.47 Å². The molecule has 0 aliphatic rings. The van der Waals surface area contributed by atoms with Gasteiger partial charge in [-0.15, -0.1) is 0 Å². The largest absolute Gasteiger partial charge is 0.496 e. The van der Waals surface area contributed by atoms with Crippen molar-refractivity contribution in [1.29, 1.82) is 0 Å². The Hall–Kier alpha value is -2.56. The summed E-state index contributed by atoms with van der Waals surface area (Å²) < 4.78 is 37.4. The Kier molecular flexibility index (Phi) is 6.39. The number of aromatic nitrogens is 1. The standard InChI is InChI=1S/C18H20N2O4S/c1-14-12-17(8-9-18(14)23-3)25(21,22)20-10-4-5-11-24-16-7-6-15(2)19-13-16/h6-9,12-13,20H,10-11H2,1-3H3. The Morgan fingerprint density at radius 1 is 1.16 bits per heavy atom. The Morgan fingerprint density at radius 2 is 1.96 bits per heavy atom. The molecule has 0 amide bonds. The van der Waals surface area contributed by atoms with Gasteiger partial charge in [0.05, 0.1) is 24.7 Å². The van der Waals surface area contributed by atoms with Crippen LogP contribution < -0.4 is 14.2 Å². The molecule has 0 atom stereocenters. The van der Waals surface area contributed by atoms with Crippen molar-refractivity contribution in [1.82, 2.24) is 9.71 Å². The van der Waals surface area contributed by atoms with Crippen molar-refractivity contribution in [3.63, 3.8) is 0 Å². The molecule has 0 bridgehead atoms. The molecule has 1 heterocycles. The summed E-state index contributed by atoms with van der Waals surface area (Å²) in [7, 11) is -2.07. The third-order valence-corrected chi connectivity index (χ3v) is 4.75. The number of aryl methyl sites for hydroxylation is 2. The van der Waals surface area contributed by atoms with Gasteiger partial charge in [-0.2, -0.15) is 4.72 Å². The van der Waals surface area contributed by atoms with Crippen LogP contribution in [-0.2, 0) is 10.0 Å². The van der Waals surface area contributed by atoms with E-state index in [0.717, 1.165) is 11.3 Å². The molecule has 0 unspecified atom stereocenters. The van der Waals surface area contributed by atoms with Crippen molar-refractivity contribution in [2.75, 3.05) is 20.3 Å². The van der Waals surface area contributed by atoms with Gasteiger partial charge in [0.1, 0.15) is 18.1 Å². The molecule has 2 aromatic rings. The lowest BCUT2D eigenvalue weighted by Crippen LogP contribution is -2.24. The Balaban J connectivity index is 1.86. The Bertz CT molecular complexity index is 882. The summed E-state index contributed by atoms with van der Waals surface area (Å²) in [6, 6.07) is 8.32. The first-order valence-electron chi connectivity index (χ1n) is 7.58. The zero-order valence-corrected chi connectivity index (χ0v) is 15.2. The number of ether oxygens (including phenoxy) is 2. The molecule has 0 saturated carbocycles. The predicted molar refractivity (Wildman–Crippen MR) is 95.2 cm³/mol. The fourth-order valence-corrected chi connectivity index (χ4v) is 3.01. The van der Waals surface area contributed by atoms with Gasteiger partial charge in [0.25, 0.3) is 0 Å². The van der Waals surface area contributed by atoms with Crippen molar-refractivity contribution >= 4 is 10.0 Å². The van der Waals surface area contributed by atoms with E-state index in [-0.39, 0.29) is 18.0 Å². The fourth-order valence-electron chi connectivity index (χ4n) is 2.01. The molecule has 0 saturated heterocycles. The molecule has 1 aromatic carbocycles. The van der Waals surface area contributed by atoms with Crippen LogP contribution in [0.25, 0.3) is 0 Å². The molecule has 0 spiro atoms. The van der Waals surface area contributed by atoms with Gasteiger partial charge in [-0.05, 0) is 49.7 Å². The molecule has 1 N–H and O–H groups in total. The van der Waals surface area contributed by atoms with Gasteiger partial charge in [-0.1, -0.05) is 11.8 Å². The second-order valence-corrected chi connectivity index (χ2v) is 7.00. The maximum absolute atomic E-state index is 12.2. The van der Waals surface area contributed by atoms with E-state index in [1.54, 1.807) is 38.4 Å². The molecule has 2 rings (SSSR count). The van der Waals surface area contributed by atoms with Crippen LogP contribution in [0.2, 0.25) is 0 Å². The third kappa shape index (κ3) is 5.48. The minimum absolute atomic E-state index is 0.00289. The summed E-state index contributed by atoms with van der Waals surface area (Å²) in [6.45, 7) is 3.84. The lowest BCUT2D eigenvalue weighted by molar-refractivity contribution is 0.368. The van der Waals surface area contributed by atoms with Crippen molar-refractivity contribution < 1.29 is 17.9 Å². The number of nitrogens with one attached hydrogen (secondary N) is 1. The second kappa shape index (κ2) is 8.51. The number of pyridine rings is 1. The lowest BCUT2D eigenvalue weighted by atomic mass is 10.2. The quantitative estimate of drug-likeness (QED) is 0.798. The number of rotatable bonds is 6. The molecule has 25 heavy (non-hydrogen) atoms. The predicted octanol–water partition coefficient (Wildman–Crippen LogP) is 2.07. The topological polar surface area (TPSA) is 77.5 Å². The summed E-state index contributed by atoms with van der Waals surface area (Å²) >= 11 is 0. The molecule has 1 aromatic heterocycles. The highest BCUT2D eigenvalue weighted by molar-refractivity contribution is 7.89. The summed E-state index contributed by atoms with van der Waals surface area (Å²) in [6.07, 6.45) is 1.62. The van der Waals surface area contributed by atoms with Gasteiger partial charge in [-0.3, -0.25) is 4.98 Å². The van der Waals surface area contributed by atoms with E-state index in [2.05, 4.69) is 21.5 Å². The highest BCUT2D eigenvalue weighted by atomic mass is 32.2. The Labute approximate surface area is 148 Å². The zero-order valence-electron chi connectivity index (χ0n) is 14.4. The Morgan fingerprint density at radius 3 is 2.60 bits per heavy atom. The average molecular weight is 360 g/mol. The van der Waals surface area contributed by atoms with Gasteiger partial charge >= 0.3 is 0 Å². The maximum Gasteiger partial charge on any atom is 0.241 e. The lowest BCUT2D eigenvalue weighted by Gasteiger charge is -2.08. The van der Waals surface area contributed by atoms with Crippen LogP contribution in [0.15, 0.2) is 41.4 Å². The van der Waals surface area contributed by atoms with E-state index < -0.39 is 10.0 Å². The van der Waals surface area contributed by atoms with Crippen LogP contribution in [0.3, 0.4) is 0 Å². The van der Waals surface area contributed by atoms with Gasteiger partial charge in [-0.25, -0.2) is 8.42 Å². The van der Waals surface area contributed by atoms with Crippen LogP contribution in [0, 0.1) is 25.7 Å². The monoisotopic (exact) mass is 360 g/mol. The van der Waals surface area contributed by atoms with Crippen LogP contribution in [0.4, 0.5) is 0 Å². The second-order valence-electron chi connectivity index (χ2n) is 5.23. The first-order chi connectivity index (χ1) is 11.9. The smallest absolute Gasteiger partial charge is 0.241 e. The molecule has 6 nitrogen and oxygen atoms in total. The van der Waals surface area contributed by atoms with Crippen molar-refractivity contribution in [3.8, 4) is 23.3 Å². The van der Waals surface area contributed by atoms with E-state index >= 15 is 0 Å². The normalized spacial score (nSPS) is 10.7. The van der Waals surface area contributed by atoms with E-state index in [9.17, 15) is 8.42 Å². The third-order valence-electron chi connectivity index (χ3n) is 3.35. The fraction of sp³-hybridized carbons (Fsp3) is 0.278. The van der Waals surface area contributed by atoms with Crippen molar-refractivity contribution in [2.24, 2.45) is 0 Å². The van der Waals surface area contributed by atoms with Gasteiger partial charge in [0.2, 0.25) is 10.0 Å². The van der Waals surface area contributed by atoms with E-state index in [1.165, 1.54) is 6.07 Å². The summed E-state index contributed by atoms with van der Waals surface area (Å²) in [4.78, 5) is 4.28. The number of nitrogens with zero attached hydrogens (tertiary/aromatic N) is 1. The van der Waals surface area contributed by atoms with E-state index in [4.69, 9.17) is 9.47 Å². The number of hydrogen-bond donors (Lipinski definition) is 1. The minimum Gasteiger partial charge on any atom is -0.496 e. The summed E-state index contributed by atoms with van der Waals surface area (Å²) in [5.41, 5.74) is 1.65. The van der Waals surface area contributed by atoms with Crippen LogP contribution >= 0.6 is 0 Å². The molecule has 7 heteroatoms. The summed E-state index contributed by atoms with van der Waals surface area (Å²) in [5.74, 6) is 6.73. The van der Waals surface area contributed by atoms with Gasteiger partial charge in [0, 0.05) is 5.69 Å². The highest BCUT2D eigenvalue weighted by Gasteiger charge is 2.14. The zero-order chi connectivity index (χ0) is 18.3. The number of benzene rings is 1. The molecule has 0 radical (unpaired) electrons. The van der Waals surface area contributed by atoms with E-state index in [1.807, 2.05) is 13.0 Å². The molecule has 132 valence electrons. The highest BCUT2D eigenvalue weighted by Crippen LogP contribution is 2.21. The van der Waals surface area contributed by atoms with Crippen molar-refractivity contribution in [2.45, 2.75) is 18.7 Å². The summed E-state index contributed by atoms with van der Waals surface area (Å²) in [5, 5.41) is 0. The molecule has 0 fully saturated rings. The first-order valence-corrected chi connectivity index (χ1v) is 9.06. The van der Waals surface area contributed by atoms with Crippen molar-refractivity contribution in [3.05, 3.63) is 47.8 Å². The van der Waals surface area contributed by atoms with Gasteiger partial charge in [0.15, 0.2) is 0 Å². The first kappa shape index (κ1) is 18.8. The molecule has 0 aliphatic heterocycles. The average Bonchev–Trinajstić information content (AvgIpc) is 2.59. The molecular weight excluding hydrogens is 340 g/mol.